The summed E-state index contributed by atoms with van der Waals surface area (Å²) in [6.45, 7) is 0.280. The van der Waals surface area contributed by atoms with Crippen molar-refractivity contribution in [3.05, 3.63) is 90.5 Å². The Labute approximate surface area is 172 Å². The standard InChI is InChI=1S/C21H18N2O2S3/c24-28(25,17-11-5-2-6-12-17)22-15-20(16-9-3-1-4-10-16)27-21-23-18-13-7-8-14-19(18)26-21/h1-14,20,22H,15H2. The van der Waals surface area contributed by atoms with Gasteiger partial charge in [0.25, 0.3) is 0 Å². The lowest BCUT2D eigenvalue weighted by Crippen LogP contribution is -2.27. The minimum absolute atomic E-state index is 0.0831. The highest BCUT2D eigenvalue weighted by Gasteiger charge is 2.20. The van der Waals surface area contributed by atoms with E-state index in [1.54, 1.807) is 53.4 Å². The zero-order valence-electron chi connectivity index (χ0n) is 14.9. The highest BCUT2D eigenvalue weighted by atomic mass is 32.2. The van der Waals surface area contributed by atoms with Gasteiger partial charge >= 0.3 is 0 Å². The molecule has 142 valence electrons. The third kappa shape index (κ3) is 4.44. The molecule has 0 bridgehead atoms. The smallest absolute Gasteiger partial charge is 0.230 e. The third-order valence-electron chi connectivity index (χ3n) is 4.20. The van der Waals surface area contributed by atoms with E-state index in [1.807, 2.05) is 54.6 Å². The average Bonchev–Trinajstić information content (AvgIpc) is 3.15. The fourth-order valence-electron chi connectivity index (χ4n) is 2.79. The summed E-state index contributed by atoms with van der Waals surface area (Å²) in [5, 5.41) is -0.0831. The first kappa shape index (κ1) is 19.1. The number of fused-ring (bicyclic) bond motifs is 1. The van der Waals surface area contributed by atoms with Crippen molar-refractivity contribution < 1.29 is 8.42 Å². The molecule has 0 aliphatic heterocycles. The number of para-hydroxylation sites is 1. The molecule has 1 atom stereocenters. The maximum absolute atomic E-state index is 12.6. The number of hydrogen-bond donors (Lipinski definition) is 1. The average molecular weight is 427 g/mol. The molecule has 7 heteroatoms. The Kier molecular flexibility index (Phi) is 5.77. The minimum atomic E-state index is -3.56. The van der Waals surface area contributed by atoms with Crippen molar-refractivity contribution in [3.8, 4) is 0 Å². The Balaban J connectivity index is 1.57. The maximum atomic E-state index is 12.6. The predicted octanol–water partition coefficient (Wildman–Crippen LogP) is 5.11. The molecule has 0 aliphatic carbocycles. The van der Waals surface area contributed by atoms with Crippen LogP contribution >= 0.6 is 23.1 Å². The van der Waals surface area contributed by atoms with E-state index in [-0.39, 0.29) is 16.7 Å². The highest BCUT2D eigenvalue weighted by Crippen LogP contribution is 2.39. The van der Waals surface area contributed by atoms with Crippen LogP contribution in [0.5, 0.6) is 0 Å². The summed E-state index contributed by atoms with van der Waals surface area (Å²) in [5.41, 5.74) is 2.02. The first-order valence-corrected chi connectivity index (χ1v) is 11.9. The summed E-state index contributed by atoms with van der Waals surface area (Å²) in [6, 6.07) is 26.4. The van der Waals surface area contributed by atoms with Crippen molar-refractivity contribution in [1.82, 2.24) is 9.71 Å². The van der Waals surface area contributed by atoms with Crippen LogP contribution in [0.2, 0.25) is 0 Å². The minimum Gasteiger partial charge on any atom is -0.230 e. The van der Waals surface area contributed by atoms with Gasteiger partial charge in [-0.1, -0.05) is 72.4 Å². The monoisotopic (exact) mass is 426 g/mol. The van der Waals surface area contributed by atoms with Gasteiger partial charge < -0.3 is 0 Å². The Bertz CT molecular complexity index is 1130. The quantitative estimate of drug-likeness (QED) is 0.417. The maximum Gasteiger partial charge on any atom is 0.240 e. The lowest BCUT2D eigenvalue weighted by molar-refractivity contribution is 0.581. The number of rotatable bonds is 7. The van der Waals surface area contributed by atoms with Crippen LogP contribution in [0.3, 0.4) is 0 Å². The molecule has 3 aromatic carbocycles. The van der Waals surface area contributed by atoms with E-state index < -0.39 is 10.0 Å². The van der Waals surface area contributed by atoms with Crippen LogP contribution in [-0.2, 0) is 10.0 Å². The van der Waals surface area contributed by atoms with E-state index in [1.165, 1.54) is 0 Å². The molecule has 1 N–H and O–H groups in total. The van der Waals surface area contributed by atoms with E-state index in [4.69, 9.17) is 0 Å². The van der Waals surface area contributed by atoms with Gasteiger partial charge in [-0.15, -0.1) is 11.3 Å². The van der Waals surface area contributed by atoms with Gasteiger partial charge in [-0.25, -0.2) is 18.1 Å². The molecule has 4 rings (SSSR count). The Hall–Kier alpha value is -2.19. The number of hydrogen-bond acceptors (Lipinski definition) is 5. The molecular weight excluding hydrogens is 408 g/mol. The molecule has 1 aromatic heterocycles. The number of nitrogens with one attached hydrogen (secondary N) is 1. The van der Waals surface area contributed by atoms with Gasteiger partial charge in [0.05, 0.1) is 20.4 Å². The summed E-state index contributed by atoms with van der Waals surface area (Å²) in [6.07, 6.45) is 0. The first-order chi connectivity index (χ1) is 13.6. The number of sulfonamides is 1. The summed E-state index contributed by atoms with van der Waals surface area (Å²) in [5.74, 6) is 0. The van der Waals surface area contributed by atoms with E-state index in [2.05, 4.69) is 9.71 Å². The highest BCUT2D eigenvalue weighted by molar-refractivity contribution is 8.01. The molecule has 28 heavy (non-hydrogen) atoms. The molecule has 0 amide bonds. The fraction of sp³-hybridized carbons (Fsp3) is 0.0952. The van der Waals surface area contributed by atoms with Crippen LogP contribution in [0, 0.1) is 0 Å². The van der Waals surface area contributed by atoms with Gasteiger partial charge in [0.1, 0.15) is 0 Å². The molecule has 1 heterocycles. The van der Waals surface area contributed by atoms with E-state index in [0.717, 1.165) is 20.1 Å². The normalized spacial score (nSPS) is 12.9. The molecule has 4 nitrogen and oxygen atoms in total. The van der Waals surface area contributed by atoms with Crippen molar-refractivity contribution in [2.45, 2.75) is 14.5 Å². The van der Waals surface area contributed by atoms with Crippen LogP contribution in [0.25, 0.3) is 10.2 Å². The van der Waals surface area contributed by atoms with Crippen molar-refractivity contribution in [2.24, 2.45) is 0 Å². The second-order valence-corrected chi connectivity index (χ2v) is 10.4. The van der Waals surface area contributed by atoms with Crippen LogP contribution in [-0.4, -0.2) is 19.9 Å². The van der Waals surface area contributed by atoms with Gasteiger partial charge in [-0.2, -0.15) is 0 Å². The molecule has 0 saturated heterocycles. The van der Waals surface area contributed by atoms with Gasteiger partial charge in [0.15, 0.2) is 4.34 Å². The summed E-state index contributed by atoms with van der Waals surface area (Å²) in [7, 11) is -3.56. The number of thiazole rings is 1. The van der Waals surface area contributed by atoms with Crippen LogP contribution < -0.4 is 4.72 Å². The molecule has 0 saturated carbocycles. The van der Waals surface area contributed by atoms with Crippen LogP contribution in [0.4, 0.5) is 0 Å². The van der Waals surface area contributed by atoms with Gasteiger partial charge in [-0.05, 0) is 29.8 Å². The Morgan fingerprint density at radius 3 is 2.25 bits per heavy atom. The largest absolute Gasteiger partial charge is 0.240 e. The van der Waals surface area contributed by atoms with Gasteiger partial charge in [0.2, 0.25) is 10.0 Å². The molecule has 1 unspecified atom stereocenters. The first-order valence-electron chi connectivity index (χ1n) is 8.74. The van der Waals surface area contributed by atoms with Gasteiger partial charge in [-0.3, -0.25) is 0 Å². The lowest BCUT2D eigenvalue weighted by atomic mass is 10.1. The number of nitrogens with zero attached hydrogens (tertiary/aromatic N) is 1. The molecule has 4 aromatic rings. The number of thioether (sulfide) groups is 1. The molecule has 0 radical (unpaired) electrons. The number of benzene rings is 3. The second kappa shape index (κ2) is 8.45. The second-order valence-electron chi connectivity index (χ2n) is 6.13. The third-order valence-corrected chi connectivity index (χ3v) is 8.03. The molecule has 0 fully saturated rings. The van der Waals surface area contributed by atoms with E-state index in [9.17, 15) is 8.42 Å². The van der Waals surface area contributed by atoms with Crippen molar-refractivity contribution in [2.75, 3.05) is 6.54 Å². The Morgan fingerprint density at radius 2 is 1.54 bits per heavy atom. The Morgan fingerprint density at radius 1 is 0.893 bits per heavy atom. The zero-order chi connectivity index (χ0) is 19.4. The van der Waals surface area contributed by atoms with E-state index >= 15 is 0 Å². The molecule has 0 spiro atoms. The predicted molar refractivity (Wildman–Crippen MR) is 116 cm³/mol. The van der Waals surface area contributed by atoms with Crippen molar-refractivity contribution >= 4 is 43.3 Å². The number of aromatic nitrogens is 1. The summed E-state index contributed by atoms with van der Waals surface area (Å²) < 4.78 is 30.1. The van der Waals surface area contributed by atoms with Crippen LogP contribution in [0.1, 0.15) is 10.8 Å². The topological polar surface area (TPSA) is 59.1 Å². The molecular formula is C21H18N2O2S3. The summed E-state index contributed by atoms with van der Waals surface area (Å²) >= 11 is 3.21. The summed E-state index contributed by atoms with van der Waals surface area (Å²) in [4.78, 5) is 4.96. The van der Waals surface area contributed by atoms with E-state index in [0.29, 0.717) is 0 Å². The van der Waals surface area contributed by atoms with Crippen molar-refractivity contribution in [3.63, 3.8) is 0 Å². The van der Waals surface area contributed by atoms with Gasteiger partial charge in [0, 0.05) is 6.54 Å². The lowest BCUT2D eigenvalue weighted by Gasteiger charge is -2.16. The van der Waals surface area contributed by atoms with Crippen molar-refractivity contribution in [1.29, 1.82) is 0 Å². The zero-order valence-corrected chi connectivity index (χ0v) is 17.3. The molecule has 0 aliphatic rings. The fourth-order valence-corrected chi connectivity index (χ4v) is 6.32. The van der Waals surface area contributed by atoms with Crippen LogP contribution in [0.15, 0.2) is 94.2 Å². The SMILES string of the molecule is O=S(=O)(NCC(Sc1nc2ccccc2s1)c1ccccc1)c1ccccc1.